The highest BCUT2D eigenvalue weighted by atomic mass is 35.5. The molecule has 2 rings (SSSR count). The Balaban J connectivity index is 2.43. The van der Waals surface area contributed by atoms with Crippen LogP contribution in [-0.4, -0.2) is 31.2 Å². The van der Waals surface area contributed by atoms with Crippen LogP contribution in [0.15, 0.2) is 29.2 Å². The smallest absolute Gasteiger partial charge is 0.245 e. The number of nitrogens with two attached hydrogens (primary N) is 1. The number of amides is 1. The van der Waals surface area contributed by atoms with Gasteiger partial charge in [-0.2, -0.15) is 4.31 Å². The molecule has 1 fully saturated rings. The molecule has 2 N–H and O–H groups in total. The second-order valence-electron chi connectivity index (χ2n) is 4.11. The number of rotatable bonds is 3. The maximum Gasteiger partial charge on any atom is 0.245 e. The molecular formula is C11H13ClN2O3S. The monoisotopic (exact) mass is 288 g/mol. The van der Waals surface area contributed by atoms with Crippen LogP contribution in [0.2, 0.25) is 5.02 Å². The van der Waals surface area contributed by atoms with E-state index in [0.29, 0.717) is 19.4 Å². The van der Waals surface area contributed by atoms with Crippen molar-refractivity contribution in [1.29, 1.82) is 0 Å². The van der Waals surface area contributed by atoms with Gasteiger partial charge in [0, 0.05) is 6.54 Å². The number of hydrogen-bond acceptors (Lipinski definition) is 3. The lowest BCUT2D eigenvalue weighted by molar-refractivity contribution is -0.121. The molecule has 1 aliphatic heterocycles. The van der Waals surface area contributed by atoms with Crippen molar-refractivity contribution in [2.75, 3.05) is 6.54 Å². The summed E-state index contributed by atoms with van der Waals surface area (Å²) in [7, 11) is -3.76. The molecule has 1 atom stereocenters. The molecule has 0 bridgehead atoms. The lowest BCUT2D eigenvalue weighted by Gasteiger charge is -2.22. The Kier molecular flexibility index (Phi) is 3.61. The van der Waals surface area contributed by atoms with E-state index in [1.165, 1.54) is 12.1 Å². The Bertz CT molecular complexity index is 573. The fourth-order valence-electron chi connectivity index (χ4n) is 2.09. The molecule has 7 heteroatoms. The maximum absolute atomic E-state index is 12.4. The summed E-state index contributed by atoms with van der Waals surface area (Å²) in [4.78, 5) is 11.3. The molecule has 1 saturated heterocycles. The Hall–Kier alpha value is -1.11. The number of carbonyl (C=O) groups is 1. The lowest BCUT2D eigenvalue weighted by atomic mass is 10.2. The summed E-state index contributed by atoms with van der Waals surface area (Å²) in [5.74, 6) is -0.622. The first-order chi connectivity index (χ1) is 8.44. The van der Waals surface area contributed by atoms with Crippen molar-refractivity contribution in [3.05, 3.63) is 29.3 Å². The normalized spacial score (nSPS) is 21.1. The number of primary amides is 1. The van der Waals surface area contributed by atoms with Gasteiger partial charge in [-0.3, -0.25) is 4.79 Å². The molecule has 1 amide bonds. The van der Waals surface area contributed by atoms with E-state index in [2.05, 4.69) is 0 Å². The van der Waals surface area contributed by atoms with Gasteiger partial charge in [-0.1, -0.05) is 23.7 Å². The third kappa shape index (κ3) is 2.23. The van der Waals surface area contributed by atoms with Crippen molar-refractivity contribution < 1.29 is 13.2 Å². The first kappa shape index (κ1) is 13.3. The first-order valence-electron chi connectivity index (χ1n) is 5.50. The van der Waals surface area contributed by atoms with E-state index >= 15 is 0 Å². The number of halogens is 1. The Morgan fingerprint density at radius 2 is 2.06 bits per heavy atom. The molecule has 5 nitrogen and oxygen atoms in total. The van der Waals surface area contributed by atoms with E-state index in [1.54, 1.807) is 12.1 Å². The molecule has 1 aromatic rings. The van der Waals surface area contributed by atoms with E-state index in [-0.39, 0.29) is 9.92 Å². The molecule has 0 saturated carbocycles. The van der Waals surface area contributed by atoms with E-state index in [0.717, 1.165) is 4.31 Å². The second-order valence-corrected chi connectivity index (χ2v) is 6.37. The highest BCUT2D eigenvalue weighted by Crippen LogP contribution is 2.29. The zero-order valence-corrected chi connectivity index (χ0v) is 11.1. The van der Waals surface area contributed by atoms with Crippen molar-refractivity contribution in [2.45, 2.75) is 23.8 Å². The van der Waals surface area contributed by atoms with Crippen LogP contribution in [0, 0.1) is 0 Å². The van der Waals surface area contributed by atoms with Crippen LogP contribution >= 0.6 is 11.6 Å². The van der Waals surface area contributed by atoms with Crippen molar-refractivity contribution in [3.63, 3.8) is 0 Å². The predicted molar refractivity (Wildman–Crippen MR) is 67.6 cm³/mol. The zero-order chi connectivity index (χ0) is 13.3. The zero-order valence-electron chi connectivity index (χ0n) is 9.54. The van der Waals surface area contributed by atoms with Crippen LogP contribution < -0.4 is 5.73 Å². The van der Waals surface area contributed by atoms with Crippen LogP contribution in [0.4, 0.5) is 0 Å². The third-order valence-corrected chi connectivity index (χ3v) is 5.36. The summed E-state index contributed by atoms with van der Waals surface area (Å²) in [6, 6.07) is 5.40. The van der Waals surface area contributed by atoms with Gasteiger partial charge in [0.25, 0.3) is 0 Å². The van der Waals surface area contributed by atoms with Crippen molar-refractivity contribution in [1.82, 2.24) is 4.31 Å². The average Bonchev–Trinajstić information content (AvgIpc) is 2.78. The summed E-state index contributed by atoms with van der Waals surface area (Å²) in [6.07, 6.45) is 1.08. The maximum atomic E-state index is 12.4. The molecular weight excluding hydrogens is 276 g/mol. The Morgan fingerprint density at radius 1 is 1.39 bits per heavy atom. The van der Waals surface area contributed by atoms with Crippen molar-refractivity contribution >= 4 is 27.5 Å². The molecule has 18 heavy (non-hydrogen) atoms. The summed E-state index contributed by atoms with van der Waals surface area (Å²) >= 11 is 5.89. The molecule has 1 unspecified atom stereocenters. The second kappa shape index (κ2) is 4.87. The van der Waals surface area contributed by atoms with E-state index < -0.39 is 22.0 Å². The van der Waals surface area contributed by atoms with E-state index in [9.17, 15) is 13.2 Å². The first-order valence-corrected chi connectivity index (χ1v) is 7.32. The van der Waals surface area contributed by atoms with Crippen LogP contribution in [-0.2, 0) is 14.8 Å². The Morgan fingerprint density at radius 3 is 2.67 bits per heavy atom. The molecule has 1 aromatic carbocycles. The van der Waals surface area contributed by atoms with Gasteiger partial charge >= 0.3 is 0 Å². The number of sulfonamides is 1. The van der Waals surface area contributed by atoms with Gasteiger partial charge < -0.3 is 5.73 Å². The van der Waals surface area contributed by atoms with Crippen molar-refractivity contribution in [2.24, 2.45) is 5.73 Å². The topological polar surface area (TPSA) is 80.5 Å². The standard InChI is InChI=1S/C11H13ClN2O3S/c12-8-4-1-2-6-10(8)18(16,17)14-7-3-5-9(14)11(13)15/h1-2,4,6,9H,3,5,7H2,(H2,13,15). The summed E-state index contributed by atoms with van der Waals surface area (Å²) in [5.41, 5.74) is 5.22. The van der Waals surface area contributed by atoms with Crippen LogP contribution in [0.25, 0.3) is 0 Å². The predicted octanol–water partition coefficient (Wildman–Crippen LogP) is 0.978. The summed E-state index contributed by atoms with van der Waals surface area (Å²) < 4.78 is 25.9. The van der Waals surface area contributed by atoms with Crippen molar-refractivity contribution in [3.8, 4) is 0 Å². The fraction of sp³-hybridized carbons (Fsp3) is 0.364. The SMILES string of the molecule is NC(=O)C1CCCN1S(=O)(=O)c1ccccc1Cl. The fourth-order valence-corrected chi connectivity index (χ4v) is 4.25. The van der Waals surface area contributed by atoms with Crippen LogP contribution in [0.1, 0.15) is 12.8 Å². The van der Waals surface area contributed by atoms with E-state index in [1.807, 2.05) is 0 Å². The molecule has 0 spiro atoms. The van der Waals surface area contributed by atoms with Gasteiger partial charge in [0.1, 0.15) is 10.9 Å². The van der Waals surface area contributed by atoms with Gasteiger partial charge in [-0.25, -0.2) is 8.42 Å². The minimum atomic E-state index is -3.76. The van der Waals surface area contributed by atoms with Gasteiger partial charge in [-0.15, -0.1) is 0 Å². The molecule has 98 valence electrons. The Labute approximate surface area is 111 Å². The minimum absolute atomic E-state index is 0.0137. The van der Waals surface area contributed by atoms with Crippen LogP contribution in [0.5, 0.6) is 0 Å². The summed E-state index contributed by atoms with van der Waals surface area (Å²) in [6.45, 7) is 0.293. The van der Waals surface area contributed by atoms with Crippen LogP contribution in [0.3, 0.4) is 0 Å². The molecule has 0 aromatic heterocycles. The molecule has 0 radical (unpaired) electrons. The highest BCUT2D eigenvalue weighted by Gasteiger charge is 2.39. The minimum Gasteiger partial charge on any atom is -0.368 e. The number of carbonyl (C=O) groups excluding carboxylic acids is 1. The van der Waals surface area contributed by atoms with Gasteiger partial charge in [0.15, 0.2) is 0 Å². The number of hydrogen-bond donors (Lipinski definition) is 1. The summed E-state index contributed by atoms with van der Waals surface area (Å²) in [5, 5.41) is 0.146. The van der Waals surface area contributed by atoms with E-state index in [4.69, 9.17) is 17.3 Å². The van der Waals surface area contributed by atoms with Gasteiger partial charge in [0.05, 0.1) is 5.02 Å². The quantitative estimate of drug-likeness (QED) is 0.900. The van der Waals surface area contributed by atoms with Gasteiger partial charge in [-0.05, 0) is 25.0 Å². The highest BCUT2D eigenvalue weighted by molar-refractivity contribution is 7.89. The number of nitrogens with zero attached hydrogens (tertiary/aromatic N) is 1. The lowest BCUT2D eigenvalue weighted by Crippen LogP contribution is -2.43. The molecule has 0 aliphatic carbocycles. The molecule has 1 heterocycles. The van der Waals surface area contributed by atoms with Gasteiger partial charge in [0.2, 0.25) is 15.9 Å². The molecule has 1 aliphatic rings. The third-order valence-electron chi connectivity index (χ3n) is 2.96. The average molecular weight is 289 g/mol. The largest absolute Gasteiger partial charge is 0.368 e. The number of benzene rings is 1.